The molecular formula is C21H24ClF3N4O+2. The van der Waals surface area contributed by atoms with Gasteiger partial charge < -0.3 is 9.80 Å². The molecule has 5 nitrogen and oxygen atoms in total. The number of rotatable bonds is 6. The molecule has 0 spiro atoms. The molecule has 0 saturated carbocycles. The fourth-order valence-corrected chi connectivity index (χ4v) is 3.73. The summed E-state index contributed by atoms with van der Waals surface area (Å²) < 4.78 is 38.9. The first-order valence-electron chi connectivity index (χ1n) is 9.71. The van der Waals surface area contributed by atoms with E-state index in [-0.39, 0.29) is 18.0 Å². The standard InChI is InChI=1S/C21H22ClF3N4O/c22-19-8-4-2-6-17(19)14-28-9-11-29(12-10-28)15-20(30)27-26-13-16-5-1-3-7-18(16)21(23,24)25/h1-8,13H,9-12,14-15H2,(H,27,30)/p+2. The summed E-state index contributed by atoms with van der Waals surface area (Å²) in [5.74, 6) is -0.319. The molecular weight excluding hydrogens is 417 g/mol. The first kappa shape index (κ1) is 22.3. The molecule has 9 heteroatoms. The van der Waals surface area contributed by atoms with Crippen molar-refractivity contribution in [2.24, 2.45) is 5.10 Å². The Bertz CT molecular complexity index is 896. The van der Waals surface area contributed by atoms with Crippen LogP contribution in [0.25, 0.3) is 0 Å². The molecule has 2 aromatic rings. The number of nitrogens with one attached hydrogen (secondary N) is 3. The summed E-state index contributed by atoms with van der Waals surface area (Å²) in [5, 5.41) is 4.47. The Kier molecular flexibility index (Phi) is 7.47. The van der Waals surface area contributed by atoms with Crippen molar-refractivity contribution in [3.8, 4) is 0 Å². The molecule has 1 amide bonds. The van der Waals surface area contributed by atoms with Crippen molar-refractivity contribution in [2.75, 3.05) is 32.7 Å². The number of nitrogens with zero attached hydrogens (tertiary/aromatic N) is 1. The number of carbonyl (C=O) groups is 1. The van der Waals surface area contributed by atoms with Crippen LogP contribution in [-0.2, 0) is 17.5 Å². The van der Waals surface area contributed by atoms with Crippen molar-refractivity contribution in [1.82, 2.24) is 5.43 Å². The van der Waals surface area contributed by atoms with Crippen LogP contribution < -0.4 is 15.2 Å². The van der Waals surface area contributed by atoms with Gasteiger partial charge in [-0.05, 0) is 12.1 Å². The van der Waals surface area contributed by atoms with Crippen molar-refractivity contribution in [1.29, 1.82) is 0 Å². The van der Waals surface area contributed by atoms with Crippen molar-refractivity contribution < 1.29 is 27.8 Å². The Morgan fingerprint density at radius 3 is 2.37 bits per heavy atom. The van der Waals surface area contributed by atoms with E-state index < -0.39 is 11.7 Å². The average Bonchev–Trinajstić information content (AvgIpc) is 2.71. The van der Waals surface area contributed by atoms with Gasteiger partial charge in [-0.2, -0.15) is 18.3 Å². The number of benzene rings is 2. The summed E-state index contributed by atoms with van der Waals surface area (Å²) in [7, 11) is 0. The van der Waals surface area contributed by atoms with Crippen LogP contribution in [0, 0.1) is 0 Å². The first-order valence-corrected chi connectivity index (χ1v) is 10.1. The molecule has 0 unspecified atom stereocenters. The van der Waals surface area contributed by atoms with E-state index in [2.05, 4.69) is 10.5 Å². The number of quaternary nitrogens is 2. The van der Waals surface area contributed by atoms with Gasteiger partial charge in [0.05, 0.1) is 11.8 Å². The number of carbonyl (C=O) groups excluding carboxylic acids is 1. The fraction of sp³-hybridized carbons (Fsp3) is 0.333. The van der Waals surface area contributed by atoms with Crippen molar-refractivity contribution in [3.05, 3.63) is 70.2 Å². The molecule has 1 aliphatic heterocycles. The molecule has 2 aromatic carbocycles. The van der Waals surface area contributed by atoms with Crippen molar-refractivity contribution in [2.45, 2.75) is 12.7 Å². The van der Waals surface area contributed by atoms with Gasteiger partial charge >= 0.3 is 6.18 Å². The minimum absolute atomic E-state index is 0.0885. The van der Waals surface area contributed by atoms with Gasteiger partial charge in [-0.25, -0.2) is 5.43 Å². The normalized spacial score (nSPS) is 19.7. The van der Waals surface area contributed by atoms with Gasteiger partial charge in [0.15, 0.2) is 6.54 Å². The van der Waals surface area contributed by atoms with Crippen LogP contribution in [0.15, 0.2) is 53.6 Å². The first-order chi connectivity index (χ1) is 14.3. The van der Waals surface area contributed by atoms with E-state index >= 15 is 0 Å². The molecule has 1 fully saturated rings. The fourth-order valence-electron chi connectivity index (χ4n) is 3.53. The zero-order valence-corrected chi connectivity index (χ0v) is 17.1. The van der Waals surface area contributed by atoms with Crippen LogP contribution in [0.4, 0.5) is 13.2 Å². The third-order valence-corrected chi connectivity index (χ3v) is 5.50. The lowest BCUT2D eigenvalue weighted by Crippen LogP contribution is -3.28. The van der Waals surface area contributed by atoms with Crippen molar-refractivity contribution >= 4 is 23.7 Å². The largest absolute Gasteiger partial charge is 0.417 e. The van der Waals surface area contributed by atoms with E-state index in [1.165, 1.54) is 23.1 Å². The summed E-state index contributed by atoms with van der Waals surface area (Å²) in [6.45, 7) is 4.56. The highest BCUT2D eigenvalue weighted by Gasteiger charge is 2.32. The maximum Gasteiger partial charge on any atom is 0.417 e. The second-order valence-corrected chi connectivity index (χ2v) is 7.73. The molecule has 0 bridgehead atoms. The maximum absolute atomic E-state index is 13.0. The lowest BCUT2D eigenvalue weighted by molar-refractivity contribution is -1.02. The molecule has 1 aliphatic rings. The van der Waals surface area contributed by atoms with Crippen LogP contribution in [0.3, 0.4) is 0 Å². The molecule has 0 radical (unpaired) electrons. The molecule has 0 aromatic heterocycles. The molecule has 3 N–H and O–H groups in total. The second-order valence-electron chi connectivity index (χ2n) is 7.32. The Balaban J connectivity index is 1.45. The van der Waals surface area contributed by atoms with E-state index in [1.54, 1.807) is 0 Å². The maximum atomic E-state index is 13.0. The van der Waals surface area contributed by atoms with Crippen molar-refractivity contribution in [3.63, 3.8) is 0 Å². The smallest absolute Gasteiger partial charge is 0.322 e. The Morgan fingerprint density at radius 2 is 1.67 bits per heavy atom. The Morgan fingerprint density at radius 1 is 1.03 bits per heavy atom. The van der Waals surface area contributed by atoms with E-state index in [0.29, 0.717) is 0 Å². The molecule has 1 saturated heterocycles. The topological polar surface area (TPSA) is 50.3 Å². The van der Waals surface area contributed by atoms with Gasteiger partial charge in [-0.15, -0.1) is 0 Å². The van der Waals surface area contributed by atoms with E-state index in [0.717, 1.165) is 60.5 Å². The van der Waals surface area contributed by atoms with Crippen LogP contribution in [-0.4, -0.2) is 44.8 Å². The number of amides is 1. The Labute approximate surface area is 178 Å². The summed E-state index contributed by atoms with van der Waals surface area (Å²) in [6, 6.07) is 12.9. The van der Waals surface area contributed by atoms with E-state index in [4.69, 9.17) is 11.6 Å². The van der Waals surface area contributed by atoms with Gasteiger partial charge in [0, 0.05) is 16.1 Å². The van der Waals surface area contributed by atoms with Gasteiger partial charge in [0.1, 0.15) is 32.7 Å². The predicted molar refractivity (Wildman–Crippen MR) is 109 cm³/mol. The number of hydrogen-bond donors (Lipinski definition) is 3. The van der Waals surface area contributed by atoms with Gasteiger partial charge in [0.2, 0.25) is 0 Å². The summed E-state index contributed by atoms with van der Waals surface area (Å²) in [4.78, 5) is 14.6. The molecule has 160 valence electrons. The number of piperazine rings is 1. The SMILES string of the molecule is O=C(C[NH+]1CC[NH+](Cc2ccccc2Cl)CC1)NN=Cc1ccccc1C(F)(F)F. The average molecular weight is 441 g/mol. The third-order valence-electron chi connectivity index (χ3n) is 5.13. The highest BCUT2D eigenvalue weighted by Crippen LogP contribution is 2.30. The van der Waals surface area contributed by atoms with Crippen LogP contribution >= 0.6 is 11.6 Å². The molecule has 0 atom stereocenters. The highest BCUT2D eigenvalue weighted by atomic mass is 35.5. The number of halogens is 4. The lowest BCUT2D eigenvalue weighted by Gasteiger charge is -2.29. The number of hydrazone groups is 1. The van der Waals surface area contributed by atoms with Crippen LogP contribution in [0.2, 0.25) is 5.02 Å². The quantitative estimate of drug-likeness (QED) is 0.451. The number of hydrogen-bond acceptors (Lipinski definition) is 2. The van der Waals surface area contributed by atoms with E-state index in [9.17, 15) is 18.0 Å². The van der Waals surface area contributed by atoms with Gasteiger partial charge in [-0.1, -0.05) is 48.0 Å². The second kappa shape index (κ2) is 10.1. The molecule has 1 heterocycles. The minimum Gasteiger partial charge on any atom is -0.322 e. The Hall–Kier alpha value is -2.42. The lowest BCUT2D eigenvalue weighted by atomic mass is 10.1. The van der Waals surface area contributed by atoms with Gasteiger partial charge in [0.25, 0.3) is 5.91 Å². The third kappa shape index (κ3) is 6.29. The zero-order chi connectivity index (χ0) is 21.6. The summed E-state index contributed by atoms with van der Waals surface area (Å²) >= 11 is 6.22. The zero-order valence-electron chi connectivity index (χ0n) is 16.3. The molecule has 3 rings (SSSR count). The predicted octanol–water partition coefficient (Wildman–Crippen LogP) is 0.793. The number of alkyl halides is 3. The monoisotopic (exact) mass is 440 g/mol. The van der Waals surface area contributed by atoms with E-state index in [1.807, 2.05) is 24.3 Å². The molecule has 30 heavy (non-hydrogen) atoms. The van der Waals surface area contributed by atoms with Crippen LogP contribution in [0.1, 0.15) is 16.7 Å². The van der Waals surface area contributed by atoms with Crippen LogP contribution in [0.5, 0.6) is 0 Å². The summed E-state index contributed by atoms with van der Waals surface area (Å²) in [5.41, 5.74) is 2.57. The summed E-state index contributed by atoms with van der Waals surface area (Å²) in [6.07, 6.45) is -3.44. The minimum atomic E-state index is -4.47. The van der Waals surface area contributed by atoms with Gasteiger partial charge in [-0.3, -0.25) is 4.79 Å². The highest BCUT2D eigenvalue weighted by molar-refractivity contribution is 6.31. The molecule has 0 aliphatic carbocycles.